The molecule has 1 aromatic heterocycles. The molecule has 0 bridgehead atoms. The van der Waals surface area contributed by atoms with Crippen LogP contribution in [0, 0.1) is 6.92 Å². The summed E-state index contributed by atoms with van der Waals surface area (Å²) in [5, 5.41) is 18.4. The number of hydrogen-bond acceptors (Lipinski definition) is 4. The van der Waals surface area contributed by atoms with Crippen LogP contribution in [0.25, 0.3) is 0 Å². The maximum absolute atomic E-state index is 9.45. The second-order valence-corrected chi connectivity index (χ2v) is 2.83. The molecule has 0 aliphatic carbocycles. The van der Waals surface area contributed by atoms with Crippen molar-refractivity contribution < 1.29 is 10.2 Å². The highest BCUT2D eigenvalue weighted by molar-refractivity contribution is 7.79. The number of pyridine rings is 1. The van der Waals surface area contributed by atoms with Crippen LogP contribution in [0.4, 0.5) is 0 Å². The first-order valence-corrected chi connectivity index (χ1v) is 4.22. The normalized spacial score (nSPS) is 9.46. The van der Waals surface area contributed by atoms with Crippen LogP contribution in [-0.4, -0.2) is 15.2 Å². The summed E-state index contributed by atoms with van der Waals surface area (Å²) in [7, 11) is 0. The number of aliphatic hydroxyl groups is 1. The number of aromatic hydroxyl groups is 1. The van der Waals surface area contributed by atoms with Crippen molar-refractivity contribution in [1.82, 2.24) is 4.98 Å². The van der Waals surface area contributed by atoms with E-state index >= 15 is 0 Å². The maximum atomic E-state index is 9.45. The molecule has 0 aromatic carbocycles. The third-order valence-electron chi connectivity index (χ3n) is 1.76. The van der Waals surface area contributed by atoms with Crippen LogP contribution in [-0.2, 0) is 12.4 Å². The lowest BCUT2D eigenvalue weighted by Gasteiger charge is -2.07. The molecule has 2 N–H and O–H groups in total. The van der Waals surface area contributed by atoms with Crippen molar-refractivity contribution >= 4 is 25.0 Å². The Kier molecular flexibility index (Phi) is 5.13. The lowest BCUT2D eigenvalue weighted by molar-refractivity contribution is 0.274. The lowest BCUT2D eigenvalue weighted by atomic mass is 10.1. The molecule has 0 aliphatic heterocycles. The van der Waals surface area contributed by atoms with Gasteiger partial charge in [-0.2, -0.15) is 12.6 Å². The number of rotatable bonds is 2. The standard InChI is InChI=1S/C8H11NO2S.ClH/c1-5-8(11)7(3-10)6(4-12)2-9-5;/h2,10-12H,3-4H2,1H3;1H. The fourth-order valence-electron chi connectivity index (χ4n) is 0.997. The molecule has 74 valence electrons. The van der Waals surface area contributed by atoms with E-state index in [4.69, 9.17) is 5.11 Å². The van der Waals surface area contributed by atoms with E-state index in [-0.39, 0.29) is 24.8 Å². The summed E-state index contributed by atoms with van der Waals surface area (Å²) in [6.45, 7) is 1.52. The molecule has 0 radical (unpaired) electrons. The Morgan fingerprint density at radius 3 is 2.62 bits per heavy atom. The minimum absolute atomic E-state index is 0. The Bertz CT molecular complexity index is 294. The van der Waals surface area contributed by atoms with Gasteiger partial charge in [0.15, 0.2) is 0 Å². The van der Waals surface area contributed by atoms with E-state index in [0.29, 0.717) is 17.0 Å². The first-order valence-electron chi connectivity index (χ1n) is 3.58. The van der Waals surface area contributed by atoms with Gasteiger partial charge in [-0.25, -0.2) is 0 Å². The van der Waals surface area contributed by atoms with Gasteiger partial charge in [0, 0.05) is 17.5 Å². The number of halogens is 1. The largest absolute Gasteiger partial charge is 0.506 e. The van der Waals surface area contributed by atoms with E-state index in [1.807, 2.05) is 0 Å². The topological polar surface area (TPSA) is 53.4 Å². The summed E-state index contributed by atoms with van der Waals surface area (Å²) in [5.74, 6) is 0.542. The van der Waals surface area contributed by atoms with Gasteiger partial charge in [0.05, 0.1) is 12.3 Å². The average Bonchev–Trinajstić information content (AvgIpc) is 2.09. The number of aromatic nitrogens is 1. The molecule has 0 aliphatic rings. The Hall–Kier alpha value is -0.450. The van der Waals surface area contributed by atoms with Gasteiger partial charge in [-0.3, -0.25) is 4.98 Å². The van der Waals surface area contributed by atoms with E-state index in [2.05, 4.69) is 17.6 Å². The van der Waals surface area contributed by atoms with E-state index in [1.165, 1.54) is 0 Å². The van der Waals surface area contributed by atoms with E-state index in [9.17, 15) is 5.11 Å². The Morgan fingerprint density at radius 2 is 2.15 bits per heavy atom. The van der Waals surface area contributed by atoms with Gasteiger partial charge in [0.1, 0.15) is 5.75 Å². The van der Waals surface area contributed by atoms with Crippen molar-refractivity contribution in [3.63, 3.8) is 0 Å². The second-order valence-electron chi connectivity index (χ2n) is 2.51. The average molecular weight is 222 g/mol. The lowest BCUT2D eigenvalue weighted by Crippen LogP contribution is -1.96. The molecule has 3 nitrogen and oxygen atoms in total. The minimum Gasteiger partial charge on any atom is -0.506 e. The number of hydrogen-bond donors (Lipinski definition) is 3. The monoisotopic (exact) mass is 221 g/mol. The molecule has 0 amide bonds. The first kappa shape index (κ1) is 12.6. The predicted octanol–water partition coefficient (Wildman–Crippen LogP) is 1.44. The minimum atomic E-state index is -0.176. The van der Waals surface area contributed by atoms with Crippen LogP contribution in [0.1, 0.15) is 16.8 Å². The zero-order valence-electron chi connectivity index (χ0n) is 7.19. The summed E-state index contributed by atoms with van der Waals surface area (Å²) >= 11 is 4.05. The summed E-state index contributed by atoms with van der Waals surface area (Å²) in [4.78, 5) is 3.95. The summed E-state index contributed by atoms with van der Waals surface area (Å²) in [6, 6.07) is 0. The zero-order chi connectivity index (χ0) is 9.14. The first-order chi connectivity index (χ1) is 5.70. The van der Waals surface area contributed by atoms with Crippen molar-refractivity contribution in [3.05, 3.63) is 23.0 Å². The molecular formula is C8H12ClNO2S. The molecule has 5 heteroatoms. The zero-order valence-corrected chi connectivity index (χ0v) is 8.90. The predicted molar refractivity (Wildman–Crippen MR) is 56.5 cm³/mol. The SMILES string of the molecule is Cc1ncc(CS)c(CO)c1O.Cl. The van der Waals surface area contributed by atoms with Crippen LogP contribution in [0.3, 0.4) is 0 Å². The summed E-state index contributed by atoms with van der Waals surface area (Å²) in [6.07, 6.45) is 1.62. The highest BCUT2D eigenvalue weighted by Crippen LogP contribution is 2.24. The van der Waals surface area contributed by atoms with Crippen molar-refractivity contribution in [2.75, 3.05) is 0 Å². The smallest absolute Gasteiger partial charge is 0.142 e. The van der Waals surface area contributed by atoms with E-state index in [1.54, 1.807) is 13.1 Å². The fraction of sp³-hybridized carbons (Fsp3) is 0.375. The van der Waals surface area contributed by atoms with Crippen LogP contribution in [0.2, 0.25) is 0 Å². The Morgan fingerprint density at radius 1 is 1.54 bits per heavy atom. The molecule has 0 saturated carbocycles. The van der Waals surface area contributed by atoms with Crippen molar-refractivity contribution in [1.29, 1.82) is 0 Å². The molecule has 1 aromatic rings. The van der Waals surface area contributed by atoms with Crippen LogP contribution >= 0.6 is 25.0 Å². The number of nitrogens with zero attached hydrogens (tertiary/aromatic N) is 1. The molecule has 1 heterocycles. The number of thiol groups is 1. The van der Waals surface area contributed by atoms with Crippen molar-refractivity contribution in [2.45, 2.75) is 19.3 Å². The van der Waals surface area contributed by atoms with Crippen molar-refractivity contribution in [2.24, 2.45) is 0 Å². The van der Waals surface area contributed by atoms with Gasteiger partial charge >= 0.3 is 0 Å². The van der Waals surface area contributed by atoms with Crippen molar-refractivity contribution in [3.8, 4) is 5.75 Å². The molecular weight excluding hydrogens is 210 g/mol. The van der Waals surface area contributed by atoms with Gasteiger partial charge in [-0.05, 0) is 12.5 Å². The second kappa shape index (κ2) is 5.32. The summed E-state index contributed by atoms with van der Waals surface area (Å²) < 4.78 is 0. The third kappa shape index (κ3) is 2.49. The highest BCUT2D eigenvalue weighted by Gasteiger charge is 2.08. The quantitative estimate of drug-likeness (QED) is 0.663. The van der Waals surface area contributed by atoms with Crippen LogP contribution in [0.5, 0.6) is 5.75 Å². The number of aryl methyl sites for hydroxylation is 1. The molecule has 0 fully saturated rings. The van der Waals surface area contributed by atoms with Gasteiger partial charge < -0.3 is 10.2 Å². The maximum Gasteiger partial charge on any atom is 0.142 e. The molecule has 0 saturated heterocycles. The fourth-order valence-corrected chi connectivity index (χ4v) is 1.27. The van der Waals surface area contributed by atoms with E-state index < -0.39 is 0 Å². The molecule has 0 spiro atoms. The van der Waals surface area contributed by atoms with Gasteiger partial charge in [-0.15, -0.1) is 12.4 Å². The molecule has 0 atom stereocenters. The van der Waals surface area contributed by atoms with Crippen LogP contribution in [0.15, 0.2) is 6.20 Å². The van der Waals surface area contributed by atoms with Crippen LogP contribution < -0.4 is 0 Å². The van der Waals surface area contributed by atoms with Gasteiger partial charge in [0.2, 0.25) is 0 Å². The highest BCUT2D eigenvalue weighted by atomic mass is 35.5. The molecule has 13 heavy (non-hydrogen) atoms. The Balaban J connectivity index is 0.00000144. The third-order valence-corrected chi connectivity index (χ3v) is 2.10. The van der Waals surface area contributed by atoms with E-state index in [0.717, 1.165) is 5.56 Å². The Labute approximate surface area is 88.6 Å². The van der Waals surface area contributed by atoms with Gasteiger partial charge in [-0.1, -0.05) is 0 Å². The van der Waals surface area contributed by atoms with Gasteiger partial charge in [0.25, 0.3) is 0 Å². The number of aliphatic hydroxyl groups excluding tert-OH is 1. The summed E-state index contributed by atoms with van der Waals surface area (Å²) in [5.41, 5.74) is 1.83. The molecule has 1 rings (SSSR count). The molecule has 0 unspecified atom stereocenters.